The SMILES string of the molecule is CNCc1ccc(N2CCC3CCCCC32)cc1Cl. The Bertz CT molecular complexity index is 446. The van der Waals surface area contributed by atoms with Crippen LogP contribution >= 0.6 is 11.6 Å². The molecule has 1 aliphatic heterocycles. The lowest BCUT2D eigenvalue weighted by Crippen LogP contribution is -2.34. The Balaban J connectivity index is 1.80. The molecule has 0 bridgehead atoms. The van der Waals surface area contributed by atoms with Crippen molar-refractivity contribution in [2.75, 3.05) is 18.5 Å². The van der Waals surface area contributed by atoms with Crippen LogP contribution in [0.5, 0.6) is 0 Å². The molecule has 0 aromatic heterocycles. The monoisotopic (exact) mass is 278 g/mol. The molecular formula is C16H23ClN2. The molecule has 1 aromatic rings. The molecule has 1 heterocycles. The van der Waals surface area contributed by atoms with E-state index in [1.165, 1.54) is 49.9 Å². The fourth-order valence-electron chi connectivity index (χ4n) is 3.78. The molecule has 1 saturated carbocycles. The minimum absolute atomic E-state index is 0.764. The molecule has 2 atom stereocenters. The lowest BCUT2D eigenvalue weighted by molar-refractivity contribution is 0.342. The molecule has 2 aliphatic rings. The summed E-state index contributed by atoms with van der Waals surface area (Å²) in [5, 5.41) is 4.06. The number of rotatable bonds is 3. The maximum Gasteiger partial charge on any atom is 0.0471 e. The lowest BCUT2D eigenvalue weighted by Gasteiger charge is -2.33. The Morgan fingerprint density at radius 3 is 2.89 bits per heavy atom. The van der Waals surface area contributed by atoms with Crippen molar-refractivity contribution >= 4 is 17.3 Å². The highest BCUT2D eigenvalue weighted by Gasteiger charge is 2.35. The van der Waals surface area contributed by atoms with Gasteiger partial charge in [-0.25, -0.2) is 0 Å². The number of anilines is 1. The Kier molecular flexibility index (Phi) is 3.99. The molecule has 19 heavy (non-hydrogen) atoms. The molecule has 0 amide bonds. The van der Waals surface area contributed by atoms with E-state index in [0.717, 1.165) is 23.5 Å². The van der Waals surface area contributed by atoms with Gasteiger partial charge in [-0.05, 0) is 49.9 Å². The van der Waals surface area contributed by atoms with Gasteiger partial charge < -0.3 is 10.2 Å². The topological polar surface area (TPSA) is 15.3 Å². The van der Waals surface area contributed by atoms with Gasteiger partial charge in [0.05, 0.1) is 0 Å². The van der Waals surface area contributed by atoms with Crippen molar-refractivity contribution in [3.05, 3.63) is 28.8 Å². The molecule has 104 valence electrons. The van der Waals surface area contributed by atoms with Gasteiger partial charge in [0.2, 0.25) is 0 Å². The van der Waals surface area contributed by atoms with E-state index in [9.17, 15) is 0 Å². The summed E-state index contributed by atoms with van der Waals surface area (Å²) in [5.74, 6) is 0.921. The summed E-state index contributed by atoms with van der Waals surface area (Å²) in [4.78, 5) is 2.60. The molecule has 1 N–H and O–H groups in total. The van der Waals surface area contributed by atoms with E-state index >= 15 is 0 Å². The van der Waals surface area contributed by atoms with Crippen molar-refractivity contribution in [3.8, 4) is 0 Å². The summed E-state index contributed by atoms with van der Waals surface area (Å²) in [6, 6.07) is 7.34. The van der Waals surface area contributed by atoms with Gasteiger partial charge in [-0.15, -0.1) is 0 Å². The number of benzene rings is 1. The molecule has 3 rings (SSSR count). The zero-order chi connectivity index (χ0) is 13.2. The third-order valence-electron chi connectivity index (χ3n) is 4.75. The number of halogens is 1. The van der Waals surface area contributed by atoms with Gasteiger partial charge in [-0.1, -0.05) is 30.5 Å². The molecule has 3 heteroatoms. The normalized spacial score (nSPS) is 26.5. The van der Waals surface area contributed by atoms with Crippen LogP contribution in [0.15, 0.2) is 18.2 Å². The smallest absolute Gasteiger partial charge is 0.0471 e. The second-order valence-electron chi connectivity index (χ2n) is 5.90. The van der Waals surface area contributed by atoms with Crippen molar-refractivity contribution in [1.29, 1.82) is 0 Å². The fourth-order valence-corrected chi connectivity index (χ4v) is 4.02. The van der Waals surface area contributed by atoms with Crippen molar-refractivity contribution in [2.45, 2.75) is 44.7 Å². The second-order valence-corrected chi connectivity index (χ2v) is 6.31. The van der Waals surface area contributed by atoms with Gasteiger partial charge in [-0.3, -0.25) is 0 Å². The first-order chi connectivity index (χ1) is 9.29. The second kappa shape index (κ2) is 5.72. The largest absolute Gasteiger partial charge is 0.368 e. The van der Waals surface area contributed by atoms with Crippen molar-refractivity contribution < 1.29 is 0 Å². The van der Waals surface area contributed by atoms with Gasteiger partial charge >= 0.3 is 0 Å². The highest BCUT2D eigenvalue weighted by Crippen LogP contribution is 2.39. The van der Waals surface area contributed by atoms with E-state index in [0.29, 0.717) is 0 Å². The minimum atomic E-state index is 0.764. The summed E-state index contributed by atoms with van der Waals surface area (Å²) >= 11 is 6.40. The zero-order valence-electron chi connectivity index (χ0n) is 11.7. The molecule has 0 radical (unpaired) electrons. The van der Waals surface area contributed by atoms with Gasteiger partial charge in [0.25, 0.3) is 0 Å². The van der Waals surface area contributed by atoms with Crippen LogP contribution in [0, 0.1) is 5.92 Å². The Labute approximate surface area is 121 Å². The van der Waals surface area contributed by atoms with Crippen LogP contribution in [0.1, 0.15) is 37.7 Å². The van der Waals surface area contributed by atoms with E-state index in [2.05, 4.69) is 28.4 Å². The van der Waals surface area contributed by atoms with Crippen LogP contribution in [0.4, 0.5) is 5.69 Å². The molecule has 0 spiro atoms. The number of nitrogens with zero attached hydrogens (tertiary/aromatic N) is 1. The molecule has 2 fully saturated rings. The van der Waals surface area contributed by atoms with E-state index in [1.807, 2.05) is 7.05 Å². The molecular weight excluding hydrogens is 256 g/mol. The number of fused-ring (bicyclic) bond motifs is 1. The highest BCUT2D eigenvalue weighted by molar-refractivity contribution is 6.31. The average Bonchev–Trinajstić information content (AvgIpc) is 2.85. The van der Waals surface area contributed by atoms with Crippen LogP contribution in [-0.4, -0.2) is 19.6 Å². The van der Waals surface area contributed by atoms with E-state index in [4.69, 9.17) is 11.6 Å². The number of hydrogen-bond acceptors (Lipinski definition) is 2. The average molecular weight is 279 g/mol. The predicted molar refractivity (Wildman–Crippen MR) is 81.9 cm³/mol. The Hall–Kier alpha value is -0.730. The van der Waals surface area contributed by atoms with Crippen LogP contribution in [0.25, 0.3) is 0 Å². The molecule has 2 unspecified atom stereocenters. The van der Waals surface area contributed by atoms with Crippen molar-refractivity contribution in [1.82, 2.24) is 5.32 Å². The summed E-state index contributed by atoms with van der Waals surface area (Å²) in [7, 11) is 1.96. The molecule has 1 saturated heterocycles. The summed E-state index contributed by atoms with van der Waals surface area (Å²) in [5.41, 5.74) is 2.51. The third kappa shape index (κ3) is 2.61. The van der Waals surface area contributed by atoms with Crippen molar-refractivity contribution in [2.24, 2.45) is 5.92 Å². The van der Waals surface area contributed by atoms with Crippen LogP contribution in [-0.2, 0) is 6.54 Å². The fraction of sp³-hybridized carbons (Fsp3) is 0.625. The first kappa shape index (κ1) is 13.3. The summed E-state index contributed by atoms with van der Waals surface area (Å²) in [6.45, 7) is 2.04. The predicted octanol–water partition coefficient (Wildman–Crippen LogP) is 3.83. The minimum Gasteiger partial charge on any atom is -0.368 e. The maximum absolute atomic E-state index is 6.40. The van der Waals surface area contributed by atoms with E-state index in [1.54, 1.807) is 0 Å². The van der Waals surface area contributed by atoms with Crippen molar-refractivity contribution in [3.63, 3.8) is 0 Å². The van der Waals surface area contributed by atoms with Crippen LogP contribution in [0.2, 0.25) is 5.02 Å². The summed E-state index contributed by atoms with van der Waals surface area (Å²) < 4.78 is 0. The Morgan fingerprint density at radius 2 is 2.11 bits per heavy atom. The maximum atomic E-state index is 6.40. The summed E-state index contributed by atoms with van der Waals surface area (Å²) in [6.07, 6.45) is 6.97. The van der Waals surface area contributed by atoms with Crippen LogP contribution < -0.4 is 10.2 Å². The standard InChI is InChI=1S/C16H23ClN2/c1-18-11-13-6-7-14(10-15(13)17)19-9-8-12-4-2-3-5-16(12)19/h6-7,10,12,16,18H,2-5,8-9,11H2,1H3. The lowest BCUT2D eigenvalue weighted by atomic mass is 9.85. The Morgan fingerprint density at radius 1 is 1.26 bits per heavy atom. The van der Waals surface area contributed by atoms with Gasteiger partial charge in [0.1, 0.15) is 0 Å². The van der Waals surface area contributed by atoms with Gasteiger partial charge in [0.15, 0.2) is 0 Å². The first-order valence-electron chi connectivity index (χ1n) is 7.49. The van der Waals surface area contributed by atoms with E-state index in [-0.39, 0.29) is 0 Å². The highest BCUT2D eigenvalue weighted by atomic mass is 35.5. The van der Waals surface area contributed by atoms with Gasteiger partial charge in [0, 0.05) is 29.8 Å². The third-order valence-corrected chi connectivity index (χ3v) is 5.10. The quantitative estimate of drug-likeness (QED) is 0.904. The zero-order valence-corrected chi connectivity index (χ0v) is 12.4. The van der Waals surface area contributed by atoms with Gasteiger partial charge in [-0.2, -0.15) is 0 Å². The number of hydrogen-bond donors (Lipinski definition) is 1. The first-order valence-corrected chi connectivity index (χ1v) is 7.87. The van der Waals surface area contributed by atoms with E-state index < -0.39 is 0 Å². The van der Waals surface area contributed by atoms with Crippen LogP contribution in [0.3, 0.4) is 0 Å². The number of nitrogens with one attached hydrogen (secondary N) is 1. The molecule has 1 aromatic carbocycles. The molecule has 1 aliphatic carbocycles. The molecule has 2 nitrogen and oxygen atoms in total.